The summed E-state index contributed by atoms with van der Waals surface area (Å²) in [5.41, 5.74) is 0. The van der Waals surface area contributed by atoms with Crippen LogP contribution in [-0.2, 0) is 0 Å². The van der Waals surface area contributed by atoms with E-state index in [1.807, 2.05) is 0 Å². The Balaban J connectivity index is 2.19. The van der Waals surface area contributed by atoms with Gasteiger partial charge in [-0.15, -0.1) is 0 Å². The van der Waals surface area contributed by atoms with Gasteiger partial charge in [0.1, 0.15) is 6.33 Å². The van der Waals surface area contributed by atoms with E-state index in [1.165, 1.54) is 0 Å². The minimum absolute atomic E-state index is 0.132. The molecular weight excluding hydrogens is 258 g/mol. The molecule has 0 fully saturated rings. The van der Waals surface area contributed by atoms with Crippen molar-refractivity contribution in [2.45, 2.75) is 19.8 Å². The topological polar surface area (TPSA) is 101 Å². The Morgan fingerprint density at radius 2 is 1.90 bits per heavy atom. The van der Waals surface area contributed by atoms with Gasteiger partial charge >= 0.3 is 0 Å². The molecule has 20 heavy (non-hydrogen) atoms. The van der Waals surface area contributed by atoms with Gasteiger partial charge in [-0.3, -0.25) is 4.57 Å². The molecule has 108 valence electrons. The van der Waals surface area contributed by atoms with E-state index in [-0.39, 0.29) is 6.61 Å². The predicted molar refractivity (Wildman–Crippen MR) is 75.9 cm³/mol. The van der Waals surface area contributed by atoms with E-state index in [0.717, 1.165) is 13.0 Å². The molecule has 0 saturated carbocycles. The highest BCUT2D eigenvalue weighted by Gasteiger charge is 2.07. The van der Waals surface area contributed by atoms with Crippen LogP contribution >= 0.6 is 0 Å². The van der Waals surface area contributed by atoms with Crippen LogP contribution in [0.25, 0.3) is 5.95 Å². The van der Waals surface area contributed by atoms with Gasteiger partial charge in [0.05, 0.1) is 0 Å². The van der Waals surface area contributed by atoms with Crippen LogP contribution in [0.5, 0.6) is 0 Å². The van der Waals surface area contributed by atoms with Gasteiger partial charge in [-0.25, -0.2) is 4.98 Å². The van der Waals surface area contributed by atoms with E-state index in [0.29, 0.717) is 30.8 Å². The molecule has 0 aliphatic rings. The largest absolute Gasteiger partial charge is 0.396 e. The fourth-order valence-electron chi connectivity index (χ4n) is 1.53. The number of nitrogens with zero attached hydrogens (tertiary/aromatic N) is 5. The van der Waals surface area contributed by atoms with Crippen LogP contribution in [0.4, 0.5) is 11.9 Å². The second kappa shape index (κ2) is 7.39. The van der Waals surface area contributed by atoms with Crippen LogP contribution < -0.4 is 10.6 Å². The molecule has 0 unspecified atom stereocenters. The Morgan fingerprint density at radius 1 is 1.15 bits per heavy atom. The first-order valence-electron chi connectivity index (χ1n) is 6.66. The lowest BCUT2D eigenvalue weighted by atomic mass is 10.4. The van der Waals surface area contributed by atoms with E-state index in [1.54, 1.807) is 23.3 Å². The quantitative estimate of drug-likeness (QED) is 0.610. The molecule has 0 aliphatic carbocycles. The lowest BCUT2D eigenvalue weighted by Crippen LogP contribution is -2.13. The molecule has 0 atom stereocenters. The summed E-state index contributed by atoms with van der Waals surface area (Å²) in [5.74, 6) is 1.51. The minimum Gasteiger partial charge on any atom is -0.396 e. The second-order valence-electron chi connectivity index (χ2n) is 4.18. The molecule has 2 rings (SSSR count). The number of hydrogen-bond donors (Lipinski definition) is 3. The van der Waals surface area contributed by atoms with E-state index >= 15 is 0 Å². The van der Waals surface area contributed by atoms with Crippen LogP contribution in [0.15, 0.2) is 18.7 Å². The number of aliphatic hydroxyl groups is 1. The fourth-order valence-corrected chi connectivity index (χ4v) is 1.53. The smallest absolute Gasteiger partial charge is 0.241 e. The summed E-state index contributed by atoms with van der Waals surface area (Å²) in [7, 11) is 0. The van der Waals surface area contributed by atoms with Gasteiger partial charge in [0.2, 0.25) is 17.8 Å². The maximum Gasteiger partial charge on any atom is 0.241 e. The average Bonchev–Trinajstić information content (AvgIpc) is 2.99. The molecule has 0 spiro atoms. The first kappa shape index (κ1) is 14.2. The van der Waals surface area contributed by atoms with Gasteiger partial charge in [0, 0.05) is 32.1 Å². The standard InChI is InChI=1S/C12H19N7O/c1-2-4-14-10-16-11(15-5-3-8-20)18-12(17-10)19-7-6-13-9-19/h6-7,9,20H,2-5,8H2,1H3,(H2,14,15,16,17,18). The first-order chi connectivity index (χ1) is 9.83. The van der Waals surface area contributed by atoms with E-state index in [4.69, 9.17) is 5.11 Å². The van der Waals surface area contributed by atoms with Crippen LogP contribution in [0, 0.1) is 0 Å². The maximum atomic E-state index is 8.80. The van der Waals surface area contributed by atoms with Crippen molar-refractivity contribution in [1.82, 2.24) is 24.5 Å². The summed E-state index contributed by atoms with van der Waals surface area (Å²) >= 11 is 0. The molecule has 8 heteroatoms. The van der Waals surface area contributed by atoms with Gasteiger partial charge in [-0.1, -0.05) is 6.92 Å². The maximum absolute atomic E-state index is 8.80. The van der Waals surface area contributed by atoms with Crippen LogP contribution in [0.3, 0.4) is 0 Å². The zero-order chi connectivity index (χ0) is 14.2. The summed E-state index contributed by atoms with van der Waals surface area (Å²) in [5, 5.41) is 15.0. The van der Waals surface area contributed by atoms with E-state index in [2.05, 4.69) is 37.5 Å². The Hall–Kier alpha value is -2.22. The lowest BCUT2D eigenvalue weighted by molar-refractivity contribution is 0.292. The highest BCUT2D eigenvalue weighted by atomic mass is 16.3. The number of imidazole rings is 1. The van der Waals surface area contributed by atoms with Gasteiger partial charge in [-0.05, 0) is 12.8 Å². The number of rotatable bonds is 8. The zero-order valence-electron chi connectivity index (χ0n) is 11.5. The van der Waals surface area contributed by atoms with Crippen molar-refractivity contribution in [1.29, 1.82) is 0 Å². The second-order valence-corrected chi connectivity index (χ2v) is 4.18. The number of nitrogens with one attached hydrogen (secondary N) is 2. The summed E-state index contributed by atoms with van der Waals surface area (Å²) in [6.07, 6.45) is 6.71. The molecule has 3 N–H and O–H groups in total. The summed E-state index contributed by atoms with van der Waals surface area (Å²) in [4.78, 5) is 16.9. The molecule has 0 aromatic carbocycles. The molecule has 8 nitrogen and oxygen atoms in total. The van der Waals surface area contributed by atoms with E-state index < -0.39 is 0 Å². The molecule has 2 aromatic rings. The normalized spacial score (nSPS) is 10.5. The predicted octanol–water partition coefficient (Wildman–Crippen LogP) is 0.673. The van der Waals surface area contributed by atoms with Crippen LogP contribution in [0.1, 0.15) is 19.8 Å². The highest BCUT2D eigenvalue weighted by Crippen LogP contribution is 2.09. The molecule has 0 radical (unpaired) electrons. The molecule has 0 saturated heterocycles. The third-order valence-electron chi connectivity index (χ3n) is 2.51. The molecule has 0 bridgehead atoms. The highest BCUT2D eigenvalue weighted by molar-refractivity contribution is 5.37. The van der Waals surface area contributed by atoms with Crippen molar-refractivity contribution in [3.63, 3.8) is 0 Å². The molecular formula is C12H19N7O. The Labute approximate surface area is 117 Å². The van der Waals surface area contributed by atoms with Gasteiger partial charge in [0.25, 0.3) is 0 Å². The molecule has 0 amide bonds. The summed E-state index contributed by atoms with van der Waals surface area (Å²) < 4.78 is 1.72. The van der Waals surface area contributed by atoms with Gasteiger partial charge < -0.3 is 15.7 Å². The Kier molecular flexibility index (Phi) is 5.24. The minimum atomic E-state index is 0.132. The zero-order valence-corrected chi connectivity index (χ0v) is 11.5. The van der Waals surface area contributed by atoms with E-state index in [9.17, 15) is 0 Å². The van der Waals surface area contributed by atoms with Gasteiger partial charge in [0.15, 0.2) is 0 Å². The monoisotopic (exact) mass is 277 g/mol. The van der Waals surface area contributed by atoms with Crippen molar-refractivity contribution >= 4 is 11.9 Å². The number of aromatic nitrogens is 5. The van der Waals surface area contributed by atoms with Crippen molar-refractivity contribution < 1.29 is 5.11 Å². The van der Waals surface area contributed by atoms with Crippen molar-refractivity contribution in [3.05, 3.63) is 18.7 Å². The molecule has 2 aromatic heterocycles. The van der Waals surface area contributed by atoms with Crippen LogP contribution in [0.2, 0.25) is 0 Å². The Morgan fingerprint density at radius 3 is 2.50 bits per heavy atom. The third kappa shape index (κ3) is 3.89. The van der Waals surface area contributed by atoms with Gasteiger partial charge in [-0.2, -0.15) is 15.0 Å². The Bertz CT molecular complexity index is 515. The molecule has 2 heterocycles. The van der Waals surface area contributed by atoms with Crippen molar-refractivity contribution in [3.8, 4) is 5.95 Å². The van der Waals surface area contributed by atoms with Crippen molar-refractivity contribution in [2.24, 2.45) is 0 Å². The number of hydrogen-bond acceptors (Lipinski definition) is 7. The SMILES string of the molecule is CCCNc1nc(NCCCO)nc(-n2ccnc2)n1. The summed E-state index contributed by atoms with van der Waals surface area (Å²) in [6.45, 7) is 3.61. The number of aliphatic hydroxyl groups excluding tert-OH is 1. The average molecular weight is 277 g/mol. The summed E-state index contributed by atoms with van der Waals surface area (Å²) in [6, 6.07) is 0. The van der Waals surface area contributed by atoms with Crippen LogP contribution in [-0.4, -0.2) is 49.3 Å². The molecule has 0 aliphatic heterocycles. The number of anilines is 2. The fraction of sp³-hybridized carbons (Fsp3) is 0.500. The third-order valence-corrected chi connectivity index (χ3v) is 2.51. The lowest BCUT2D eigenvalue weighted by Gasteiger charge is -2.09. The first-order valence-corrected chi connectivity index (χ1v) is 6.66. The van der Waals surface area contributed by atoms with Crippen molar-refractivity contribution in [2.75, 3.05) is 30.3 Å².